The number of carboxylic acids is 1. The predicted molar refractivity (Wildman–Crippen MR) is 80.1 cm³/mol. The number of anilines is 1. The number of benzene rings is 1. The first-order valence-electron chi connectivity index (χ1n) is 6.61. The van der Waals surface area contributed by atoms with Crippen LogP contribution in [-0.2, 0) is 0 Å². The molecular formula is C14H17BrN2O3. The van der Waals surface area contributed by atoms with Gasteiger partial charge in [0.2, 0.25) is 0 Å². The molecule has 0 heterocycles. The zero-order chi connectivity index (χ0) is 14.7. The van der Waals surface area contributed by atoms with Crippen molar-refractivity contribution in [2.75, 3.05) is 5.32 Å². The number of nitrogens with one attached hydrogen (secondary N) is 2. The lowest BCUT2D eigenvalue weighted by atomic mass is 10.2. The monoisotopic (exact) mass is 340 g/mol. The molecule has 2 rings (SSSR count). The van der Waals surface area contributed by atoms with Gasteiger partial charge in [-0.2, -0.15) is 0 Å². The molecule has 0 bridgehead atoms. The Balaban J connectivity index is 1.94. The van der Waals surface area contributed by atoms with E-state index >= 15 is 0 Å². The van der Waals surface area contributed by atoms with Gasteiger partial charge < -0.3 is 15.7 Å². The van der Waals surface area contributed by atoms with Crippen molar-refractivity contribution in [1.82, 2.24) is 5.32 Å². The molecule has 2 amide bonds. The van der Waals surface area contributed by atoms with Crippen LogP contribution >= 0.6 is 15.9 Å². The third-order valence-corrected chi connectivity index (χ3v) is 4.05. The summed E-state index contributed by atoms with van der Waals surface area (Å²) in [5.74, 6) is -0.439. The Labute approximate surface area is 125 Å². The van der Waals surface area contributed by atoms with E-state index in [1.54, 1.807) is 6.07 Å². The average molecular weight is 341 g/mol. The smallest absolute Gasteiger partial charge is 0.335 e. The molecule has 3 N–H and O–H groups in total. The maximum absolute atomic E-state index is 11.9. The van der Waals surface area contributed by atoms with Crippen LogP contribution in [-0.4, -0.2) is 23.1 Å². The van der Waals surface area contributed by atoms with Gasteiger partial charge in [-0.1, -0.05) is 13.3 Å². The van der Waals surface area contributed by atoms with Crippen LogP contribution < -0.4 is 10.6 Å². The molecule has 108 valence electrons. The first-order chi connectivity index (χ1) is 9.51. The number of carbonyl (C=O) groups is 2. The second-order valence-electron chi connectivity index (χ2n) is 4.99. The molecule has 20 heavy (non-hydrogen) atoms. The largest absolute Gasteiger partial charge is 0.478 e. The van der Waals surface area contributed by atoms with E-state index in [2.05, 4.69) is 33.5 Å². The van der Waals surface area contributed by atoms with Crippen LogP contribution in [0.5, 0.6) is 0 Å². The average Bonchev–Trinajstić information content (AvgIpc) is 3.10. The van der Waals surface area contributed by atoms with Crippen LogP contribution in [0, 0.1) is 5.92 Å². The molecule has 5 nitrogen and oxygen atoms in total. The van der Waals surface area contributed by atoms with Gasteiger partial charge in [0, 0.05) is 10.5 Å². The Kier molecular flexibility index (Phi) is 4.65. The maximum atomic E-state index is 11.9. The summed E-state index contributed by atoms with van der Waals surface area (Å²) in [7, 11) is 0. The highest BCUT2D eigenvalue weighted by atomic mass is 79.9. The number of halogens is 1. The van der Waals surface area contributed by atoms with E-state index in [9.17, 15) is 9.59 Å². The molecule has 1 aromatic carbocycles. The van der Waals surface area contributed by atoms with Crippen molar-refractivity contribution in [2.45, 2.75) is 32.2 Å². The van der Waals surface area contributed by atoms with Crippen molar-refractivity contribution in [1.29, 1.82) is 0 Å². The summed E-state index contributed by atoms with van der Waals surface area (Å²) in [6.45, 7) is 2.13. The minimum absolute atomic E-state index is 0.138. The van der Waals surface area contributed by atoms with Crippen molar-refractivity contribution in [3.63, 3.8) is 0 Å². The number of hydrogen-bond acceptors (Lipinski definition) is 2. The molecule has 2 atom stereocenters. The van der Waals surface area contributed by atoms with Crippen molar-refractivity contribution < 1.29 is 14.7 Å². The third kappa shape index (κ3) is 3.72. The van der Waals surface area contributed by atoms with Crippen LogP contribution in [0.2, 0.25) is 0 Å². The van der Waals surface area contributed by atoms with Gasteiger partial charge in [-0.15, -0.1) is 0 Å². The molecule has 1 aromatic rings. The SMILES string of the molecule is CCCC1CC1NC(=O)Nc1cc(C(=O)O)ccc1Br. The van der Waals surface area contributed by atoms with Crippen LogP contribution in [0.25, 0.3) is 0 Å². The van der Waals surface area contributed by atoms with Gasteiger partial charge in [-0.05, 0) is 52.9 Å². The standard InChI is InChI=1S/C14H17BrN2O3/c1-2-3-8-6-11(8)16-14(20)17-12-7-9(13(18)19)4-5-10(12)15/h4-5,7-8,11H,2-3,6H2,1H3,(H,18,19)(H2,16,17,20). The highest BCUT2D eigenvalue weighted by molar-refractivity contribution is 9.10. The summed E-state index contributed by atoms with van der Waals surface area (Å²) in [6, 6.07) is 4.47. The number of urea groups is 1. The fraction of sp³-hybridized carbons (Fsp3) is 0.429. The Hall–Kier alpha value is -1.56. The molecule has 1 aliphatic carbocycles. The summed E-state index contributed by atoms with van der Waals surface area (Å²) < 4.78 is 0.651. The van der Waals surface area contributed by atoms with Crippen molar-refractivity contribution in [3.8, 4) is 0 Å². The van der Waals surface area contributed by atoms with Gasteiger partial charge in [0.1, 0.15) is 0 Å². The first kappa shape index (κ1) is 14.8. The topological polar surface area (TPSA) is 78.4 Å². The minimum Gasteiger partial charge on any atom is -0.478 e. The summed E-state index contributed by atoms with van der Waals surface area (Å²) in [4.78, 5) is 22.8. The second-order valence-corrected chi connectivity index (χ2v) is 5.84. The lowest BCUT2D eigenvalue weighted by Gasteiger charge is -2.09. The number of carbonyl (C=O) groups excluding carboxylic acids is 1. The molecule has 0 saturated heterocycles. The maximum Gasteiger partial charge on any atom is 0.335 e. The lowest BCUT2D eigenvalue weighted by molar-refractivity contribution is 0.0697. The summed E-state index contributed by atoms with van der Waals surface area (Å²) in [6.07, 6.45) is 3.28. The Morgan fingerprint density at radius 3 is 2.85 bits per heavy atom. The molecular weight excluding hydrogens is 324 g/mol. The summed E-state index contributed by atoms with van der Waals surface area (Å²) in [5, 5.41) is 14.5. The van der Waals surface area contributed by atoms with Gasteiger partial charge in [0.05, 0.1) is 11.3 Å². The lowest BCUT2D eigenvalue weighted by Crippen LogP contribution is -2.31. The Bertz CT molecular complexity index is 533. The van der Waals surface area contributed by atoms with E-state index in [1.165, 1.54) is 12.1 Å². The molecule has 1 aliphatic rings. The van der Waals surface area contributed by atoms with Crippen molar-refractivity contribution >= 4 is 33.6 Å². The summed E-state index contributed by atoms with van der Waals surface area (Å²) in [5.41, 5.74) is 0.592. The number of rotatable bonds is 5. The van der Waals surface area contributed by atoms with Crippen LogP contribution in [0.3, 0.4) is 0 Å². The number of amides is 2. The fourth-order valence-electron chi connectivity index (χ4n) is 2.20. The van der Waals surface area contributed by atoms with Gasteiger partial charge in [-0.25, -0.2) is 9.59 Å². The van der Waals surface area contributed by atoms with Gasteiger partial charge in [-0.3, -0.25) is 0 Å². The quantitative estimate of drug-likeness (QED) is 0.767. The first-order valence-corrected chi connectivity index (χ1v) is 7.41. The molecule has 2 unspecified atom stereocenters. The van der Waals surface area contributed by atoms with Crippen LogP contribution in [0.15, 0.2) is 22.7 Å². The van der Waals surface area contributed by atoms with E-state index in [1.807, 2.05) is 0 Å². The molecule has 0 aromatic heterocycles. The molecule has 1 fully saturated rings. The van der Waals surface area contributed by atoms with Crippen LogP contribution in [0.1, 0.15) is 36.5 Å². The molecule has 1 saturated carbocycles. The molecule has 0 radical (unpaired) electrons. The normalized spacial score (nSPS) is 20.3. The van der Waals surface area contributed by atoms with E-state index in [4.69, 9.17) is 5.11 Å². The summed E-state index contributed by atoms with van der Waals surface area (Å²) >= 11 is 3.29. The van der Waals surface area contributed by atoms with E-state index < -0.39 is 5.97 Å². The highest BCUT2D eigenvalue weighted by Gasteiger charge is 2.37. The highest BCUT2D eigenvalue weighted by Crippen LogP contribution is 2.34. The number of aromatic carboxylic acids is 1. The number of hydrogen-bond donors (Lipinski definition) is 3. The number of carboxylic acid groups (broad SMARTS) is 1. The van der Waals surface area contributed by atoms with Gasteiger partial charge in [0.15, 0.2) is 0 Å². The minimum atomic E-state index is -1.02. The zero-order valence-corrected chi connectivity index (χ0v) is 12.7. The molecule has 0 aliphatic heterocycles. The van der Waals surface area contributed by atoms with Crippen molar-refractivity contribution in [2.24, 2.45) is 5.92 Å². The predicted octanol–water partition coefficient (Wildman–Crippen LogP) is 3.46. The van der Waals surface area contributed by atoms with E-state index in [0.29, 0.717) is 16.1 Å². The van der Waals surface area contributed by atoms with Gasteiger partial charge in [0.25, 0.3) is 0 Å². The van der Waals surface area contributed by atoms with E-state index in [0.717, 1.165) is 19.3 Å². The van der Waals surface area contributed by atoms with E-state index in [-0.39, 0.29) is 17.6 Å². The van der Waals surface area contributed by atoms with Gasteiger partial charge >= 0.3 is 12.0 Å². The Morgan fingerprint density at radius 2 is 2.20 bits per heavy atom. The molecule has 0 spiro atoms. The van der Waals surface area contributed by atoms with Crippen LogP contribution in [0.4, 0.5) is 10.5 Å². The third-order valence-electron chi connectivity index (χ3n) is 3.36. The van der Waals surface area contributed by atoms with Crippen molar-refractivity contribution in [3.05, 3.63) is 28.2 Å². The Morgan fingerprint density at radius 1 is 1.45 bits per heavy atom. The zero-order valence-electron chi connectivity index (χ0n) is 11.1. The fourth-order valence-corrected chi connectivity index (χ4v) is 2.54. The second kappa shape index (κ2) is 6.26. The molecule has 6 heteroatoms.